The summed E-state index contributed by atoms with van der Waals surface area (Å²) in [4.78, 5) is 6.53. The molecule has 0 bridgehead atoms. The number of aliphatic imine (C=N–C) groups is 1. The van der Waals surface area contributed by atoms with Crippen LogP contribution < -0.4 is 5.73 Å². The fourth-order valence-corrected chi connectivity index (χ4v) is 2.15. The standard InChI is InChI=1S/C16H25N3O2/c1-14(12-21-13-15-5-3-2-4-6-15)11-18-16(17)19-7-9-20-10-8-19/h2-6,14H,7-13H2,1H3,(H2,17,18)/t14-/m0/s1. The molecule has 2 rings (SSSR count). The van der Waals surface area contributed by atoms with E-state index in [1.165, 1.54) is 5.56 Å². The molecule has 0 saturated carbocycles. The molecule has 0 radical (unpaired) electrons. The lowest BCUT2D eigenvalue weighted by atomic mass is 10.2. The molecule has 1 saturated heterocycles. The van der Waals surface area contributed by atoms with E-state index >= 15 is 0 Å². The van der Waals surface area contributed by atoms with E-state index in [2.05, 4.69) is 28.9 Å². The molecule has 1 fully saturated rings. The van der Waals surface area contributed by atoms with Crippen molar-refractivity contribution in [2.45, 2.75) is 13.5 Å². The normalized spacial score (nSPS) is 17.8. The molecule has 2 N–H and O–H groups in total. The summed E-state index contributed by atoms with van der Waals surface area (Å²) in [5.74, 6) is 0.974. The van der Waals surface area contributed by atoms with Crippen LogP contribution in [0, 0.1) is 5.92 Å². The molecule has 5 heteroatoms. The van der Waals surface area contributed by atoms with Crippen LogP contribution >= 0.6 is 0 Å². The van der Waals surface area contributed by atoms with Crippen molar-refractivity contribution in [3.05, 3.63) is 35.9 Å². The zero-order valence-electron chi connectivity index (χ0n) is 12.7. The summed E-state index contributed by atoms with van der Waals surface area (Å²) in [7, 11) is 0. The van der Waals surface area contributed by atoms with E-state index in [4.69, 9.17) is 15.2 Å². The summed E-state index contributed by atoms with van der Waals surface area (Å²) >= 11 is 0. The molecular weight excluding hydrogens is 266 g/mol. The van der Waals surface area contributed by atoms with Gasteiger partial charge in [0.25, 0.3) is 0 Å². The van der Waals surface area contributed by atoms with E-state index < -0.39 is 0 Å². The van der Waals surface area contributed by atoms with Gasteiger partial charge in [0.1, 0.15) is 0 Å². The predicted molar refractivity (Wildman–Crippen MR) is 84.1 cm³/mol. The monoisotopic (exact) mass is 291 g/mol. The van der Waals surface area contributed by atoms with E-state index in [1.807, 2.05) is 18.2 Å². The van der Waals surface area contributed by atoms with Crippen LogP contribution in [0.5, 0.6) is 0 Å². The summed E-state index contributed by atoms with van der Waals surface area (Å²) in [6, 6.07) is 10.2. The summed E-state index contributed by atoms with van der Waals surface area (Å²) in [6.07, 6.45) is 0. The first-order valence-corrected chi connectivity index (χ1v) is 7.50. The van der Waals surface area contributed by atoms with Gasteiger partial charge in [-0.1, -0.05) is 37.3 Å². The van der Waals surface area contributed by atoms with Crippen LogP contribution in [0.3, 0.4) is 0 Å². The summed E-state index contributed by atoms with van der Waals surface area (Å²) in [5.41, 5.74) is 7.19. The fraction of sp³-hybridized carbons (Fsp3) is 0.562. The van der Waals surface area contributed by atoms with Gasteiger partial charge in [-0.3, -0.25) is 4.99 Å². The van der Waals surface area contributed by atoms with Gasteiger partial charge in [0.15, 0.2) is 5.96 Å². The molecule has 0 aliphatic carbocycles. The molecule has 1 heterocycles. The first-order chi connectivity index (χ1) is 10.3. The number of hydrogen-bond donors (Lipinski definition) is 1. The molecule has 0 amide bonds. The first kappa shape index (κ1) is 15.8. The molecule has 1 aromatic carbocycles. The lowest BCUT2D eigenvalue weighted by Gasteiger charge is -2.27. The maximum Gasteiger partial charge on any atom is 0.191 e. The highest BCUT2D eigenvalue weighted by Crippen LogP contribution is 2.04. The van der Waals surface area contributed by atoms with E-state index in [9.17, 15) is 0 Å². The summed E-state index contributed by atoms with van der Waals surface area (Å²) < 4.78 is 11.0. The Morgan fingerprint density at radius 1 is 1.33 bits per heavy atom. The second-order valence-electron chi connectivity index (χ2n) is 5.40. The van der Waals surface area contributed by atoms with E-state index in [0.717, 1.165) is 26.3 Å². The van der Waals surface area contributed by atoms with Gasteiger partial charge in [-0.15, -0.1) is 0 Å². The third-order valence-corrected chi connectivity index (χ3v) is 3.41. The minimum absolute atomic E-state index is 0.355. The molecular formula is C16H25N3O2. The Morgan fingerprint density at radius 2 is 2.05 bits per heavy atom. The number of hydrogen-bond acceptors (Lipinski definition) is 3. The van der Waals surface area contributed by atoms with E-state index in [0.29, 0.717) is 31.6 Å². The van der Waals surface area contributed by atoms with Gasteiger partial charge in [0, 0.05) is 19.6 Å². The van der Waals surface area contributed by atoms with Crippen molar-refractivity contribution >= 4 is 5.96 Å². The van der Waals surface area contributed by atoms with Gasteiger partial charge >= 0.3 is 0 Å². The van der Waals surface area contributed by atoms with Gasteiger partial charge < -0.3 is 20.1 Å². The van der Waals surface area contributed by atoms with Crippen molar-refractivity contribution in [3.8, 4) is 0 Å². The molecule has 1 atom stereocenters. The van der Waals surface area contributed by atoms with Gasteiger partial charge in [-0.05, 0) is 11.5 Å². The third kappa shape index (κ3) is 5.73. The fourth-order valence-electron chi connectivity index (χ4n) is 2.15. The van der Waals surface area contributed by atoms with Crippen LogP contribution in [0.2, 0.25) is 0 Å². The third-order valence-electron chi connectivity index (χ3n) is 3.41. The molecule has 1 aliphatic rings. The highest BCUT2D eigenvalue weighted by molar-refractivity contribution is 5.78. The summed E-state index contributed by atoms with van der Waals surface area (Å²) in [5, 5.41) is 0. The maximum absolute atomic E-state index is 6.00. The van der Waals surface area contributed by atoms with Crippen molar-refractivity contribution in [3.63, 3.8) is 0 Å². The quantitative estimate of drug-likeness (QED) is 0.637. The van der Waals surface area contributed by atoms with Gasteiger partial charge in [0.2, 0.25) is 0 Å². The Kier molecular flexibility index (Phi) is 6.50. The predicted octanol–water partition coefficient (Wildman–Crippen LogP) is 1.49. The molecule has 0 aromatic heterocycles. The lowest BCUT2D eigenvalue weighted by Crippen LogP contribution is -2.45. The summed E-state index contributed by atoms with van der Waals surface area (Å²) in [6.45, 7) is 7.27. The van der Waals surface area contributed by atoms with Crippen molar-refractivity contribution in [1.82, 2.24) is 4.90 Å². The number of guanidine groups is 1. The van der Waals surface area contributed by atoms with Gasteiger partial charge in [-0.2, -0.15) is 0 Å². The minimum atomic E-state index is 0.355. The Labute approximate surface area is 126 Å². The zero-order chi connectivity index (χ0) is 14.9. The lowest BCUT2D eigenvalue weighted by molar-refractivity contribution is 0.0671. The van der Waals surface area contributed by atoms with Crippen molar-refractivity contribution < 1.29 is 9.47 Å². The smallest absolute Gasteiger partial charge is 0.191 e. The van der Waals surface area contributed by atoms with Crippen LogP contribution in [-0.2, 0) is 16.1 Å². The van der Waals surface area contributed by atoms with E-state index in [1.54, 1.807) is 0 Å². The number of benzene rings is 1. The van der Waals surface area contributed by atoms with Crippen molar-refractivity contribution in [2.75, 3.05) is 39.5 Å². The molecule has 0 unspecified atom stereocenters. The average molecular weight is 291 g/mol. The number of ether oxygens (including phenoxy) is 2. The Hall–Kier alpha value is -1.59. The number of morpholine rings is 1. The SMILES string of the molecule is C[C@@H](CN=C(N)N1CCOCC1)COCc1ccccc1. The van der Waals surface area contributed by atoms with Gasteiger partial charge in [-0.25, -0.2) is 0 Å². The minimum Gasteiger partial charge on any atom is -0.378 e. The van der Waals surface area contributed by atoms with Gasteiger partial charge in [0.05, 0.1) is 26.4 Å². The second kappa shape index (κ2) is 8.64. The van der Waals surface area contributed by atoms with Crippen LogP contribution in [0.1, 0.15) is 12.5 Å². The van der Waals surface area contributed by atoms with Crippen LogP contribution in [-0.4, -0.2) is 50.3 Å². The largest absolute Gasteiger partial charge is 0.378 e. The van der Waals surface area contributed by atoms with Crippen molar-refractivity contribution in [1.29, 1.82) is 0 Å². The zero-order valence-corrected chi connectivity index (χ0v) is 12.7. The molecule has 116 valence electrons. The first-order valence-electron chi connectivity index (χ1n) is 7.50. The molecule has 1 aromatic rings. The number of rotatable bonds is 6. The molecule has 1 aliphatic heterocycles. The average Bonchev–Trinajstić information content (AvgIpc) is 2.54. The number of nitrogens with zero attached hydrogens (tertiary/aromatic N) is 2. The molecule has 21 heavy (non-hydrogen) atoms. The Balaban J connectivity index is 1.65. The van der Waals surface area contributed by atoms with E-state index in [-0.39, 0.29) is 0 Å². The maximum atomic E-state index is 6.00. The van der Waals surface area contributed by atoms with Crippen LogP contribution in [0.25, 0.3) is 0 Å². The number of nitrogens with two attached hydrogens (primary N) is 1. The highest BCUT2D eigenvalue weighted by Gasteiger charge is 2.12. The second-order valence-corrected chi connectivity index (χ2v) is 5.40. The Morgan fingerprint density at radius 3 is 2.76 bits per heavy atom. The Bertz CT molecular complexity index is 430. The van der Waals surface area contributed by atoms with Crippen LogP contribution in [0.15, 0.2) is 35.3 Å². The highest BCUT2D eigenvalue weighted by atomic mass is 16.5. The van der Waals surface area contributed by atoms with Crippen LogP contribution in [0.4, 0.5) is 0 Å². The van der Waals surface area contributed by atoms with Crippen molar-refractivity contribution in [2.24, 2.45) is 16.6 Å². The molecule has 0 spiro atoms. The molecule has 5 nitrogen and oxygen atoms in total. The topological polar surface area (TPSA) is 60.1 Å².